The topological polar surface area (TPSA) is 30.5 Å². The average Bonchev–Trinajstić information content (AvgIpc) is 2.72. The van der Waals surface area contributed by atoms with Gasteiger partial charge in [0.1, 0.15) is 11.6 Å². The minimum Gasteiger partial charge on any atom is -0.493 e. The fraction of sp³-hybridized carbons (Fsp3) is 0.174. The van der Waals surface area contributed by atoms with Crippen LogP contribution < -0.4 is 14.8 Å². The Kier molecular flexibility index (Phi) is 6.44. The molecule has 4 heteroatoms. The first-order chi connectivity index (χ1) is 13.2. The van der Waals surface area contributed by atoms with Gasteiger partial charge in [-0.25, -0.2) is 0 Å². The van der Waals surface area contributed by atoms with Gasteiger partial charge in [0.05, 0.1) is 7.11 Å². The van der Waals surface area contributed by atoms with Gasteiger partial charge in [-0.2, -0.15) is 0 Å². The quantitative estimate of drug-likeness (QED) is 0.584. The molecule has 0 unspecified atom stereocenters. The highest BCUT2D eigenvalue weighted by Crippen LogP contribution is 2.29. The van der Waals surface area contributed by atoms with Gasteiger partial charge < -0.3 is 14.8 Å². The highest BCUT2D eigenvalue weighted by Gasteiger charge is 2.09. The van der Waals surface area contributed by atoms with Crippen LogP contribution in [0.15, 0.2) is 72.8 Å². The molecule has 138 valence electrons. The Morgan fingerprint density at radius 3 is 2.33 bits per heavy atom. The second kappa shape index (κ2) is 9.19. The second-order valence-corrected chi connectivity index (χ2v) is 6.72. The minimum absolute atomic E-state index is 0.493. The fourth-order valence-corrected chi connectivity index (χ4v) is 2.85. The number of methoxy groups -OCH3 is 1. The molecule has 0 amide bonds. The standard InChI is InChI=1S/C23H23NO2S/c1-17-8-10-19(11-9-17)16-26-21-13-12-20(14-22(21)25-2)23(27)24-15-18-6-4-3-5-7-18/h3-14H,15-16H2,1-2H3,(H,24,27). The van der Waals surface area contributed by atoms with Gasteiger partial charge in [0.15, 0.2) is 11.5 Å². The van der Waals surface area contributed by atoms with Crippen molar-refractivity contribution in [3.8, 4) is 11.5 Å². The molecule has 0 fully saturated rings. The van der Waals surface area contributed by atoms with Crippen molar-refractivity contribution < 1.29 is 9.47 Å². The first-order valence-electron chi connectivity index (χ1n) is 8.84. The van der Waals surface area contributed by atoms with E-state index < -0.39 is 0 Å². The van der Waals surface area contributed by atoms with Crippen molar-refractivity contribution in [1.29, 1.82) is 0 Å². The molecule has 3 aromatic rings. The van der Waals surface area contributed by atoms with Crippen molar-refractivity contribution in [2.75, 3.05) is 7.11 Å². The number of hydrogen-bond acceptors (Lipinski definition) is 3. The zero-order valence-corrected chi connectivity index (χ0v) is 16.4. The van der Waals surface area contributed by atoms with E-state index in [1.807, 2.05) is 36.4 Å². The summed E-state index contributed by atoms with van der Waals surface area (Å²) in [6.07, 6.45) is 0. The van der Waals surface area contributed by atoms with Crippen LogP contribution in [0.2, 0.25) is 0 Å². The van der Waals surface area contributed by atoms with Crippen molar-refractivity contribution in [2.24, 2.45) is 0 Å². The molecular formula is C23H23NO2S. The Morgan fingerprint density at radius 2 is 1.63 bits per heavy atom. The van der Waals surface area contributed by atoms with E-state index in [9.17, 15) is 0 Å². The van der Waals surface area contributed by atoms with Gasteiger partial charge in [0.2, 0.25) is 0 Å². The fourth-order valence-electron chi connectivity index (χ4n) is 2.65. The van der Waals surface area contributed by atoms with Crippen molar-refractivity contribution in [3.05, 3.63) is 95.1 Å². The van der Waals surface area contributed by atoms with Gasteiger partial charge in [-0.15, -0.1) is 0 Å². The lowest BCUT2D eigenvalue weighted by Gasteiger charge is -2.14. The molecule has 3 aromatic carbocycles. The summed E-state index contributed by atoms with van der Waals surface area (Å²) in [6.45, 7) is 3.25. The molecule has 0 bridgehead atoms. The summed E-state index contributed by atoms with van der Waals surface area (Å²) in [6, 6.07) is 24.2. The second-order valence-electron chi connectivity index (χ2n) is 6.31. The summed E-state index contributed by atoms with van der Waals surface area (Å²) in [4.78, 5) is 0.683. The number of rotatable bonds is 7. The van der Waals surface area contributed by atoms with Gasteiger partial charge in [0, 0.05) is 12.1 Å². The molecule has 0 heterocycles. The third-order valence-corrected chi connectivity index (χ3v) is 4.62. The first-order valence-corrected chi connectivity index (χ1v) is 9.25. The van der Waals surface area contributed by atoms with Crippen LogP contribution in [-0.2, 0) is 13.2 Å². The van der Waals surface area contributed by atoms with Gasteiger partial charge in [-0.1, -0.05) is 72.4 Å². The molecule has 0 atom stereocenters. The third-order valence-electron chi connectivity index (χ3n) is 4.24. The lowest BCUT2D eigenvalue weighted by Crippen LogP contribution is -2.21. The van der Waals surface area contributed by atoms with Crippen molar-refractivity contribution in [1.82, 2.24) is 5.32 Å². The Morgan fingerprint density at radius 1 is 0.889 bits per heavy atom. The van der Waals surface area contributed by atoms with Crippen LogP contribution in [0.4, 0.5) is 0 Å². The van der Waals surface area contributed by atoms with E-state index in [0.717, 1.165) is 11.1 Å². The first kappa shape index (κ1) is 18.9. The smallest absolute Gasteiger partial charge is 0.161 e. The maximum atomic E-state index is 5.93. The summed E-state index contributed by atoms with van der Waals surface area (Å²) in [5.41, 5.74) is 4.44. The van der Waals surface area contributed by atoms with E-state index in [1.165, 1.54) is 11.1 Å². The van der Waals surface area contributed by atoms with Crippen LogP contribution in [-0.4, -0.2) is 12.1 Å². The SMILES string of the molecule is COc1cc(C(=S)NCc2ccccc2)ccc1OCc1ccc(C)cc1. The lowest BCUT2D eigenvalue weighted by molar-refractivity contribution is 0.284. The van der Waals surface area contributed by atoms with Gasteiger partial charge in [-0.3, -0.25) is 0 Å². The molecule has 3 nitrogen and oxygen atoms in total. The van der Waals surface area contributed by atoms with E-state index in [1.54, 1.807) is 7.11 Å². The summed E-state index contributed by atoms with van der Waals surface area (Å²) in [5.74, 6) is 1.37. The normalized spacial score (nSPS) is 10.3. The molecule has 27 heavy (non-hydrogen) atoms. The van der Waals surface area contributed by atoms with E-state index in [-0.39, 0.29) is 0 Å². The van der Waals surface area contributed by atoms with Gasteiger partial charge >= 0.3 is 0 Å². The Balaban J connectivity index is 1.64. The van der Waals surface area contributed by atoms with E-state index in [2.05, 4.69) is 48.6 Å². The molecule has 1 N–H and O–H groups in total. The number of aryl methyl sites for hydroxylation is 1. The highest BCUT2D eigenvalue weighted by atomic mass is 32.1. The molecule has 0 saturated carbocycles. The number of hydrogen-bond donors (Lipinski definition) is 1. The molecule has 0 spiro atoms. The van der Waals surface area contributed by atoms with Crippen LogP contribution in [0.5, 0.6) is 11.5 Å². The highest BCUT2D eigenvalue weighted by molar-refractivity contribution is 7.80. The summed E-state index contributed by atoms with van der Waals surface area (Å²) >= 11 is 5.52. The molecule has 0 aromatic heterocycles. The molecule has 0 saturated heterocycles. The zero-order chi connectivity index (χ0) is 19.1. The molecular weight excluding hydrogens is 354 g/mol. The maximum absolute atomic E-state index is 5.93. The summed E-state index contributed by atoms with van der Waals surface area (Å²) in [7, 11) is 1.64. The van der Waals surface area contributed by atoms with E-state index in [0.29, 0.717) is 29.6 Å². The third kappa shape index (κ3) is 5.31. The van der Waals surface area contributed by atoms with Crippen LogP contribution >= 0.6 is 12.2 Å². The van der Waals surface area contributed by atoms with E-state index in [4.69, 9.17) is 21.7 Å². The Labute approximate surface area is 166 Å². The Hall–Kier alpha value is -2.85. The number of nitrogens with one attached hydrogen (secondary N) is 1. The minimum atomic E-state index is 0.493. The zero-order valence-electron chi connectivity index (χ0n) is 15.6. The lowest BCUT2D eigenvalue weighted by atomic mass is 10.1. The van der Waals surface area contributed by atoms with Gasteiger partial charge in [-0.05, 0) is 36.2 Å². The summed E-state index contributed by atoms with van der Waals surface area (Å²) < 4.78 is 11.4. The van der Waals surface area contributed by atoms with Crippen LogP contribution in [0.3, 0.4) is 0 Å². The summed E-state index contributed by atoms with van der Waals surface area (Å²) in [5, 5.41) is 3.28. The average molecular weight is 378 g/mol. The number of ether oxygens (including phenoxy) is 2. The molecule has 0 aliphatic carbocycles. The Bertz CT molecular complexity index is 892. The van der Waals surface area contributed by atoms with Crippen molar-refractivity contribution >= 4 is 17.2 Å². The molecule has 0 radical (unpaired) electrons. The predicted molar refractivity (Wildman–Crippen MR) is 113 cm³/mol. The molecule has 0 aliphatic heterocycles. The van der Waals surface area contributed by atoms with Crippen molar-refractivity contribution in [3.63, 3.8) is 0 Å². The van der Waals surface area contributed by atoms with Crippen LogP contribution in [0, 0.1) is 6.92 Å². The number of thiocarbonyl (C=S) groups is 1. The van der Waals surface area contributed by atoms with Crippen LogP contribution in [0.1, 0.15) is 22.3 Å². The molecule has 3 rings (SSSR count). The van der Waals surface area contributed by atoms with E-state index >= 15 is 0 Å². The largest absolute Gasteiger partial charge is 0.493 e. The molecule has 0 aliphatic rings. The number of benzene rings is 3. The van der Waals surface area contributed by atoms with Gasteiger partial charge in [0.25, 0.3) is 0 Å². The monoisotopic (exact) mass is 377 g/mol. The predicted octanol–water partition coefficient (Wildman–Crippen LogP) is 5.05. The van der Waals surface area contributed by atoms with Crippen LogP contribution in [0.25, 0.3) is 0 Å². The maximum Gasteiger partial charge on any atom is 0.161 e. The van der Waals surface area contributed by atoms with Crippen molar-refractivity contribution in [2.45, 2.75) is 20.1 Å².